The van der Waals surface area contributed by atoms with Gasteiger partial charge in [0.25, 0.3) is 5.56 Å². The molecule has 0 amide bonds. The van der Waals surface area contributed by atoms with E-state index in [9.17, 15) is 14.7 Å². The van der Waals surface area contributed by atoms with Crippen molar-refractivity contribution in [2.45, 2.75) is 20.3 Å². The molecule has 10 heteroatoms. The summed E-state index contributed by atoms with van der Waals surface area (Å²) in [7, 11) is 1.55. The first-order valence-corrected chi connectivity index (χ1v) is 10.2. The van der Waals surface area contributed by atoms with E-state index in [2.05, 4.69) is 15.1 Å². The maximum atomic E-state index is 12.2. The molecule has 1 atom stereocenters. The van der Waals surface area contributed by atoms with E-state index in [-0.39, 0.29) is 17.3 Å². The smallest absolute Gasteiger partial charge is 0.306 e. The third-order valence-corrected chi connectivity index (χ3v) is 5.13. The van der Waals surface area contributed by atoms with Crippen molar-refractivity contribution in [2.24, 2.45) is 11.0 Å². The second-order valence-electron chi connectivity index (χ2n) is 7.37. The first kappa shape index (κ1) is 23.5. The first-order valence-electron chi connectivity index (χ1n) is 10.2. The van der Waals surface area contributed by atoms with Gasteiger partial charge in [0, 0.05) is 0 Å². The highest BCUT2D eigenvalue weighted by atomic mass is 16.5. The summed E-state index contributed by atoms with van der Waals surface area (Å²) in [5.74, 6) is -0.305. The van der Waals surface area contributed by atoms with Crippen molar-refractivity contribution < 1.29 is 19.4 Å². The molecule has 172 valence electrons. The van der Waals surface area contributed by atoms with Gasteiger partial charge in [0.2, 0.25) is 0 Å². The Morgan fingerprint density at radius 1 is 1.24 bits per heavy atom. The molecule has 0 aliphatic carbocycles. The van der Waals surface area contributed by atoms with E-state index in [0.29, 0.717) is 30.1 Å². The molecule has 1 unspecified atom stereocenters. The minimum atomic E-state index is -0.879. The van der Waals surface area contributed by atoms with Crippen LogP contribution in [-0.2, 0) is 11.2 Å². The molecule has 1 aromatic heterocycles. The highest BCUT2D eigenvalue weighted by molar-refractivity contribution is 5.75. The summed E-state index contributed by atoms with van der Waals surface area (Å²) in [6, 6.07) is 11.0. The average molecular weight is 451 g/mol. The highest BCUT2D eigenvalue weighted by Gasteiger charge is 2.17. The third kappa shape index (κ3) is 5.00. The van der Waals surface area contributed by atoms with Crippen LogP contribution in [0.1, 0.15) is 19.4 Å². The number of methoxy groups -OCH3 is 1. The number of H-pyrrole nitrogens is 1. The summed E-state index contributed by atoms with van der Waals surface area (Å²) < 4.78 is 11.2. The highest BCUT2D eigenvalue weighted by Crippen LogP contribution is 2.35. The Labute approximate surface area is 189 Å². The fraction of sp³-hybridized carbons (Fsp3) is 0.261. The van der Waals surface area contributed by atoms with Crippen molar-refractivity contribution in [3.63, 3.8) is 0 Å². The summed E-state index contributed by atoms with van der Waals surface area (Å²) >= 11 is 0. The summed E-state index contributed by atoms with van der Waals surface area (Å²) in [6.07, 6.45) is 0.320. The molecule has 0 aliphatic rings. The van der Waals surface area contributed by atoms with E-state index in [1.165, 1.54) is 0 Å². The Hall–Kier alpha value is -4.21. The molecule has 0 saturated heterocycles. The number of hydrogen-bond donors (Lipinski definition) is 4. The van der Waals surface area contributed by atoms with Gasteiger partial charge < -0.3 is 25.3 Å². The first-order chi connectivity index (χ1) is 15.8. The lowest BCUT2D eigenvalue weighted by Gasteiger charge is -2.15. The molecule has 5 N–H and O–H groups in total. The van der Waals surface area contributed by atoms with Crippen molar-refractivity contribution in [1.29, 1.82) is 5.53 Å². The Morgan fingerprint density at radius 3 is 2.55 bits per heavy atom. The zero-order valence-corrected chi connectivity index (χ0v) is 18.5. The maximum absolute atomic E-state index is 12.2. The van der Waals surface area contributed by atoms with E-state index in [1.54, 1.807) is 26.2 Å². The van der Waals surface area contributed by atoms with Crippen LogP contribution in [0.5, 0.6) is 11.5 Å². The van der Waals surface area contributed by atoms with Crippen molar-refractivity contribution in [3.05, 3.63) is 52.3 Å². The summed E-state index contributed by atoms with van der Waals surface area (Å²) in [5, 5.41) is 12.4. The quantitative estimate of drug-likeness (QED) is 0.357. The van der Waals surface area contributed by atoms with Gasteiger partial charge in [-0.2, -0.15) is 0 Å². The number of nitrogens with two attached hydrogens (primary N) is 1. The number of ether oxygens (including phenoxy) is 2. The van der Waals surface area contributed by atoms with Crippen LogP contribution >= 0.6 is 0 Å². The summed E-state index contributed by atoms with van der Waals surface area (Å²) in [5.41, 5.74) is 14.9. The predicted octanol–water partition coefficient (Wildman–Crippen LogP) is 4.02. The van der Waals surface area contributed by atoms with Gasteiger partial charge in [0.05, 0.1) is 25.2 Å². The molecule has 2 aromatic carbocycles. The van der Waals surface area contributed by atoms with Crippen LogP contribution in [0.15, 0.2) is 46.3 Å². The lowest BCUT2D eigenvalue weighted by molar-refractivity contribution is -0.141. The van der Waals surface area contributed by atoms with Gasteiger partial charge in [0.15, 0.2) is 11.5 Å². The zero-order valence-electron chi connectivity index (χ0n) is 18.5. The number of nitrogen functional groups attached to an aromatic ring is 1. The summed E-state index contributed by atoms with van der Waals surface area (Å²) in [6.45, 7) is 3.86. The molecule has 33 heavy (non-hydrogen) atoms. The number of aromatic amines is 1. The number of carboxylic acids is 1. The number of aromatic nitrogens is 2. The number of nitrogens with zero attached hydrogens (tertiary/aromatic N) is 2. The standard InChI is InChI=1S/C23H25N5O5/c1-4-33-18-11-14(5-7-16(18)21-26-20(24)19(28-25)22(29)27-21)13-6-8-17(32-3)15(10-13)9-12(2)23(30)31/h5-8,10-12,25H,4,9H2,1-3H3,(H,30,31)(H3,24,26,27,29). The molecule has 3 aromatic rings. The molecule has 0 fully saturated rings. The van der Waals surface area contributed by atoms with Gasteiger partial charge in [0.1, 0.15) is 17.3 Å². The molecule has 1 heterocycles. The van der Waals surface area contributed by atoms with Crippen molar-refractivity contribution in [3.8, 4) is 34.0 Å². The minimum Gasteiger partial charge on any atom is -0.496 e. The van der Waals surface area contributed by atoms with Crippen LogP contribution in [0.25, 0.3) is 22.5 Å². The van der Waals surface area contributed by atoms with Crippen molar-refractivity contribution in [1.82, 2.24) is 9.97 Å². The topological polar surface area (TPSA) is 164 Å². The molecule has 0 radical (unpaired) electrons. The fourth-order valence-corrected chi connectivity index (χ4v) is 3.43. The van der Waals surface area contributed by atoms with E-state index >= 15 is 0 Å². The largest absolute Gasteiger partial charge is 0.496 e. The Bertz CT molecular complexity index is 1250. The summed E-state index contributed by atoms with van der Waals surface area (Å²) in [4.78, 5) is 30.2. The fourth-order valence-electron chi connectivity index (χ4n) is 3.43. The lowest BCUT2D eigenvalue weighted by atomic mass is 9.95. The Morgan fingerprint density at radius 2 is 1.94 bits per heavy atom. The molecule has 10 nitrogen and oxygen atoms in total. The zero-order chi connectivity index (χ0) is 24.1. The molecular formula is C23H25N5O5. The van der Waals surface area contributed by atoms with Crippen molar-refractivity contribution in [2.75, 3.05) is 19.5 Å². The van der Waals surface area contributed by atoms with Gasteiger partial charge in [-0.3, -0.25) is 9.59 Å². The Kier molecular flexibility index (Phi) is 7.07. The number of nitrogens with one attached hydrogen (secondary N) is 2. The molecule has 0 spiro atoms. The number of anilines is 1. The van der Waals surface area contributed by atoms with Gasteiger partial charge in [-0.1, -0.05) is 19.1 Å². The van der Waals surface area contributed by atoms with E-state index < -0.39 is 17.4 Å². The normalized spacial score (nSPS) is 11.6. The number of aliphatic carboxylic acids is 1. The van der Waals surface area contributed by atoms with E-state index in [4.69, 9.17) is 20.7 Å². The predicted molar refractivity (Wildman–Crippen MR) is 123 cm³/mol. The molecule has 0 aliphatic heterocycles. The van der Waals surface area contributed by atoms with Crippen LogP contribution in [-0.4, -0.2) is 34.8 Å². The monoisotopic (exact) mass is 451 g/mol. The van der Waals surface area contributed by atoms with Gasteiger partial charge in [-0.05, 0) is 54.3 Å². The second kappa shape index (κ2) is 9.94. The van der Waals surface area contributed by atoms with E-state index in [0.717, 1.165) is 16.7 Å². The van der Waals surface area contributed by atoms with Gasteiger partial charge in [-0.15, -0.1) is 5.11 Å². The van der Waals surface area contributed by atoms with Crippen LogP contribution in [0.2, 0.25) is 0 Å². The number of hydrogen-bond acceptors (Lipinski definition) is 8. The number of rotatable bonds is 9. The molecule has 3 rings (SSSR count). The SMILES string of the molecule is CCOc1cc(-c2ccc(OC)c(CC(C)C(=O)O)c2)ccc1-c1nc(N)c(N=N)c(=O)[nH]1. The number of carboxylic acid groups (broad SMARTS) is 1. The lowest BCUT2D eigenvalue weighted by Crippen LogP contribution is -2.13. The van der Waals surface area contributed by atoms with Crippen LogP contribution in [0.4, 0.5) is 11.5 Å². The van der Waals surface area contributed by atoms with E-state index in [1.807, 2.05) is 31.2 Å². The third-order valence-electron chi connectivity index (χ3n) is 5.13. The van der Waals surface area contributed by atoms with Gasteiger partial charge >= 0.3 is 5.97 Å². The maximum Gasteiger partial charge on any atom is 0.306 e. The second-order valence-corrected chi connectivity index (χ2v) is 7.37. The molecule has 0 bridgehead atoms. The number of carbonyl (C=O) groups is 1. The number of benzene rings is 2. The van der Waals surface area contributed by atoms with Crippen LogP contribution in [0, 0.1) is 11.4 Å². The average Bonchev–Trinajstić information content (AvgIpc) is 2.79. The Balaban J connectivity index is 2.08. The molecule has 0 saturated carbocycles. The van der Waals surface area contributed by atoms with Crippen LogP contribution < -0.4 is 20.8 Å². The van der Waals surface area contributed by atoms with Crippen LogP contribution in [0.3, 0.4) is 0 Å². The molecular weight excluding hydrogens is 426 g/mol. The van der Waals surface area contributed by atoms with Crippen molar-refractivity contribution >= 4 is 17.5 Å². The van der Waals surface area contributed by atoms with Gasteiger partial charge in [-0.25, -0.2) is 10.5 Å². The minimum absolute atomic E-state index is 0.150.